The summed E-state index contributed by atoms with van der Waals surface area (Å²) in [5.41, 5.74) is 2.17. The summed E-state index contributed by atoms with van der Waals surface area (Å²) in [5.74, 6) is 0. The molecule has 3 heteroatoms. The van der Waals surface area contributed by atoms with Crippen LogP contribution in [-0.2, 0) is 11.2 Å². The SMILES string of the molecule is CCNC(Cc1ccnc2ccccc12)C(C)(C)OCC. The van der Waals surface area contributed by atoms with E-state index in [2.05, 4.69) is 55.3 Å². The fourth-order valence-corrected chi connectivity index (χ4v) is 2.84. The summed E-state index contributed by atoms with van der Waals surface area (Å²) in [4.78, 5) is 4.44. The zero-order chi connectivity index (χ0) is 15.3. The molecule has 0 amide bonds. The lowest BCUT2D eigenvalue weighted by molar-refractivity contribution is -0.0376. The highest BCUT2D eigenvalue weighted by Gasteiger charge is 2.29. The standard InChI is InChI=1S/C18H26N2O/c1-5-19-17(18(3,4)21-6-2)13-14-11-12-20-16-10-8-7-9-15(14)16/h7-12,17,19H,5-6,13H2,1-4H3. The molecular weight excluding hydrogens is 260 g/mol. The van der Waals surface area contributed by atoms with Gasteiger partial charge in [-0.25, -0.2) is 0 Å². The minimum absolute atomic E-state index is 0.199. The van der Waals surface area contributed by atoms with Gasteiger partial charge in [0.25, 0.3) is 0 Å². The van der Waals surface area contributed by atoms with Crippen LogP contribution >= 0.6 is 0 Å². The van der Waals surface area contributed by atoms with Gasteiger partial charge in [-0.1, -0.05) is 25.1 Å². The predicted molar refractivity (Wildman–Crippen MR) is 88.6 cm³/mol. The van der Waals surface area contributed by atoms with Crippen molar-refractivity contribution in [3.8, 4) is 0 Å². The summed E-state index contributed by atoms with van der Waals surface area (Å²) in [5, 5.41) is 4.81. The number of fused-ring (bicyclic) bond motifs is 1. The predicted octanol–water partition coefficient (Wildman–Crippen LogP) is 3.57. The smallest absolute Gasteiger partial charge is 0.0781 e. The minimum atomic E-state index is -0.199. The van der Waals surface area contributed by atoms with Gasteiger partial charge in [-0.2, -0.15) is 0 Å². The molecule has 0 aliphatic carbocycles. The van der Waals surface area contributed by atoms with Gasteiger partial charge in [-0.05, 0) is 51.4 Å². The molecule has 3 nitrogen and oxygen atoms in total. The molecule has 21 heavy (non-hydrogen) atoms. The Hall–Kier alpha value is -1.45. The molecule has 2 rings (SSSR count). The molecule has 1 heterocycles. The van der Waals surface area contributed by atoms with Crippen LogP contribution in [0.2, 0.25) is 0 Å². The zero-order valence-corrected chi connectivity index (χ0v) is 13.5. The fraction of sp³-hybridized carbons (Fsp3) is 0.500. The fourth-order valence-electron chi connectivity index (χ4n) is 2.84. The van der Waals surface area contributed by atoms with Gasteiger partial charge in [0.1, 0.15) is 0 Å². The molecule has 0 bridgehead atoms. The highest BCUT2D eigenvalue weighted by atomic mass is 16.5. The molecule has 1 aromatic carbocycles. The summed E-state index contributed by atoms with van der Waals surface area (Å²) < 4.78 is 5.95. The number of ether oxygens (including phenoxy) is 1. The molecule has 1 N–H and O–H groups in total. The van der Waals surface area contributed by atoms with Crippen LogP contribution < -0.4 is 5.32 Å². The van der Waals surface area contributed by atoms with Gasteiger partial charge in [0, 0.05) is 24.2 Å². The molecular formula is C18H26N2O. The summed E-state index contributed by atoms with van der Waals surface area (Å²) in [6.07, 6.45) is 2.83. The van der Waals surface area contributed by atoms with E-state index in [1.807, 2.05) is 19.2 Å². The van der Waals surface area contributed by atoms with Crippen LogP contribution in [0, 0.1) is 0 Å². The minimum Gasteiger partial charge on any atom is -0.374 e. The number of para-hydroxylation sites is 1. The molecule has 0 radical (unpaired) electrons. The van der Waals surface area contributed by atoms with E-state index in [-0.39, 0.29) is 11.6 Å². The van der Waals surface area contributed by atoms with Crippen molar-refractivity contribution >= 4 is 10.9 Å². The molecule has 0 fully saturated rings. The lowest BCUT2D eigenvalue weighted by atomic mass is 9.90. The van der Waals surface area contributed by atoms with Crippen LogP contribution in [0.4, 0.5) is 0 Å². The first kappa shape index (κ1) is 15.9. The summed E-state index contributed by atoms with van der Waals surface area (Å²) in [6, 6.07) is 10.7. The Morgan fingerprint density at radius 2 is 1.95 bits per heavy atom. The van der Waals surface area contributed by atoms with Gasteiger partial charge in [-0.3, -0.25) is 4.98 Å². The second-order valence-corrected chi connectivity index (χ2v) is 5.84. The zero-order valence-electron chi connectivity index (χ0n) is 13.5. The monoisotopic (exact) mass is 286 g/mol. The van der Waals surface area contributed by atoms with E-state index in [0.29, 0.717) is 0 Å². The van der Waals surface area contributed by atoms with Crippen molar-refractivity contribution in [1.29, 1.82) is 0 Å². The maximum Gasteiger partial charge on any atom is 0.0781 e. The Bertz CT molecular complexity index is 575. The first-order valence-electron chi connectivity index (χ1n) is 7.78. The number of hydrogen-bond donors (Lipinski definition) is 1. The van der Waals surface area contributed by atoms with Crippen LogP contribution in [-0.4, -0.2) is 29.8 Å². The van der Waals surface area contributed by atoms with Gasteiger partial charge >= 0.3 is 0 Å². The van der Waals surface area contributed by atoms with Crippen molar-refractivity contribution in [3.05, 3.63) is 42.1 Å². The van der Waals surface area contributed by atoms with Crippen molar-refractivity contribution in [1.82, 2.24) is 10.3 Å². The molecule has 114 valence electrons. The van der Waals surface area contributed by atoms with Gasteiger partial charge in [-0.15, -0.1) is 0 Å². The Morgan fingerprint density at radius 3 is 2.67 bits per heavy atom. The van der Waals surface area contributed by atoms with E-state index < -0.39 is 0 Å². The van der Waals surface area contributed by atoms with Crippen LogP contribution in [0.3, 0.4) is 0 Å². The van der Waals surface area contributed by atoms with E-state index in [1.54, 1.807) is 0 Å². The van der Waals surface area contributed by atoms with Crippen LogP contribution in [0.25, 0.3) is 10.9 Å². The van der Waals surface area contributed by atoms with E-state index in [4.69, 9.17) is 4.74 Å². The molecule has 0 aliphatic rings. The van der Waals surface area contributed by atoms with Crippen LogP contribution in [0.5, 0.6) is 0 Å². The summed E-state index contributed by atoms with van der Waals surface area (Å²) in [7, 11) is 0. The average molecular weight is 286 g/mol. The van der Waals surface area contributed by atoms with E-state index in [1.165, 1.54) is 10.9 Å². The Balaban J connectivity index is 2.31. The number of hydrogen-bond acceptors (Lipinski definition) is 3. The third kappa shape index (κ3) is 3.80. The second-order valence-electron chi connectivity index (χ2n) is 5.84. The van der Waals surface area contributed by atoms with E-state index in [9.17, 15) is 0 Å². The van der Waals surface area contributed by atoms with Crippen LogP contribution in [0.15, 0.2) is 36.5 Å². The van der Waals surface area contributed by atoms with Crippen LogP contribution in [0.1, 0.15) is 33.3 Å². The Morgan fingerprint density at radius 1 is 1.19 bits per heavy atom. The van der Waals surface area contributed by atoms with Gasteiger partial charge in [0.05, 0.1) is 11.1 Å². The largest absolute Gasteiger partial charge is 0.374 e. The molecule has 0 saturated carbocycles. The van der Waals surface area contributed by atoms with Gasteiger partial charge < -0.3 is 10.1 Å². The highest BCUT2D eigenvalue weighted by Crippen LogP contribution is 2.23. The molecule has 0 spiro atoms. The number of aromatic nitrogens is 1. The van der Waals surface area contributed by atoms with Crippen molar-refractivity contribution in [3.63, 3.8) is 0 Å². The number of benzene rings is 1. The quantitative estimate of drug-likeness (QED) is 0.845. The molecule has 0 aliphatic heterocycles. The summed E-state index contributed by atoms with van der Waals surface area (Å²) >= 11 is 0. The molecule has 0 saturated heterocycles. The van der Waals surface area contributed by atoms with Crippen molar-refractivity contribution in [2.75, 3.05) is 13.2 Å². The number of nitrogens with zero attached hydrogens (tertiary/aromatic N) is 1. The number of likely N-dealkylation sites (N-methyl/N-ethyl adjacent to an activating group) is 1. The maximum atomic E-state index is 5.95. The number of rotatable bonds is 7. The van der Waals surface area contributed by atoms with Crippen molar-refractivity contribution in [2.45, 2.75) is 45.8 Å². The molecule has 1 atom stereocenters. The van der Waals surface area contributed by atoms with E-state index >= 15 is 0 Å². The molecule has 2 aromatic rings. The topological polar surface area (TPSA) is 34.2 Å². The first-order valence-corrected chi connectivity index (χ1v) is 7.78. The number of nitrogens with one attached hydrogen (secondary N) is 1. The lowest BCUT2D eigenvalue weighted by Crippen LogP contribution is -2.50. The summed E-state index contributed by atoms with van der Waals surface area (Å²) in [6.45, 7) is 10.2. The van der Waals surface area contributed by atoms with E-state index in [0.717, 1.165) is 25.1 Å². The van der Waals surface area contributed by atoms with Crippen molar-refractivity contribution < 1.29 is 4.74 Å². The van der Waals surface area contributed by atoms with Crippen molar-refractivity contribution in [2.24, 2.45) is 0 Å². The number of pyridine rings is 1. The van der Waals surface area contributed by atoms with Gasteiger partial charge in [0.2, 0.25) is 0 Å². The molecule has 1 unspecified atom stereocenters. The first-order chi connectivity index (χ1) is 10.1. The Labute approximate surface area is 127 Å². The lowest BCUT2D eigenvalue weighted by Gasteiger charge is -2.35. The highest BCUT2D eigenvalue weighted by molar-refractivity contribution is 5.81. The molecule has 1 aromatic heterocycles. The Kier molecular flexibility index (Phi) is 5.32. The third-order valence-electron chi connectivity index (χ3n) is 3.97. The van der Waals surface area contributed by atoms with Gasteiger partial charge in [0.15, 0.2) is 0 Å². The third-order valence-corrected chi connectivity index (χ3v) is 3.97. The normalized spacial score (nSPS) is 13.5. The maximum absolute atomic E-state index is 5.95. The second kappa shape index (κ2) is 7.01. The average Bonchev–Trinajstić information content (AvgIpc) is 2.47.